The Balaban J connectivity index is 1.96. The van der Waals surface area contributed by atoms with Crippen molar-refractivity contribution >= 4 is 21.6 Å². The lowest BCUT2D eigenvalue weighted by atomic mass is 10.2. The van der Waals surface area contributed by atoms with Gasteiger partial charge in [-0.15, -0.1) is 11.3 Å². The van der Waals surface area contributed by atoms with E-state index in [1.165, 1.54) is 11.3 Å². The first-order chi connectivity index (χ1) is 10.3. The van der Waals surface area contributed by atoms with Crippen LogP contribution in [0.25, 0.3) is 32.9 Å². The van der Waals surface area contributed by atoms with Crippen molar-refractivity contribution in [3.05, 3.63) is 58.7 Å². The van der Waals surface area contributed by atoms with Crippen molar-refractivity contribution in [3.63, 3.8) is 0 Å². The van der Waals surface area contributed by atoms with Crippen LogP contribution in [-0.4, -0.2) is 15.0 Å². The van der Waals surface area contributed by atoms with Crippen molar-refractivity contribution < 1.29 is 4.42 Å². The minimum atomic E-state index is -0.167. The van der Waals surface area contributed by atoms with E-state index in [-0.39, 0.29) is 5.56 Å². The van der Waals surface area contributed by atoms with Crippen LogP contribution in [0.15, 0.2) is 57.5 Å². The molecule has 0 aromatic carbocycles. The second kappa shape index (κ2) is 4.68. The van der Waals surface area contributed by atoms with Crippen LogP contribution in [0.5, 0.6) is 0 Å². The van der Waals surface area contributed by atoms with Crippen LogP contribution < -0.4 is 5.56 Å². The van der Waals surface area contributed by atoms with Gasteiger partial charge in [0.05, 0.1) is 11.6 Å². The number of pyridine rings is 1. The number of H-pyrrole nitrogens is 1. The molecule has 6 heteroatoms. The number of thiophene rings is 1. The summed E-state index contributed by atoms with van der Waals surface area (Å²) in [5, 5.41) is 2.45. The third-order valence-electron chi connectivity index (χ3n) is 3.18. The first kappa shape index (κ1) is 12.0. The molecule has 0 radical (unpaired) electrons. The number of nitrogens with one attached hydrogen (secondary N) is 1. The Morgan fingerprint density at radius 1 is 1.19 bits per heavy atom. The molecule has 0 aliphatic heterocycles. The smallest absolute Gasteiger partial charge is 0.260 e. The summed E-state index contributed by atoms with van der Waals surface area (Å²) in [4.78, 5) is 24.4. The van der Waals surface area contributed by atoms with Crippen LogP contribution in [0.3, 0.4) is 0 Å². The topological polar surface area (TPSA) is 71.8 Å². The molecular formula is C15H9N3O2S. The summed E-state index contributed by atoms with van der Waals surface area (Å²) in [5.41, 5.74) is 1.44. The average Bonchev–Trinajstić information content (AvgIpc) is 3.17. The maximum Gasteiger partial charge on any atom is 0.260 e. The van der Waals surface area contributed by atoms with E-state index in [1.807, 2.05) is 23.6 Å². The monoisotopic (exact) mass is 295 g/mol. The highest BCUT2D eigenvalue weighted by Crippen LogP contribution is 2.31. The summed E-state index contributed by atoms with van der Waals surface area (Å²) in [7, 11) is 0. The molecule has 102 valence electrons. The fourth-order valence-electron chi connectivity index (χ4n) is 2.21. The van der Waals surface area contributed by atoms with Gasteiger partial charge in [-0.1, -0.05) is 0 Å². The summed E-state index contributed by atoms with van der Waals surface area (Å²) in [6.45, 7) is 0. The molecule has 4 rings (SSSR count). The minimum Gasteiger partial charge on any atom is -0.464 e. The largest absolute Gasteiger partial charge is 0.464 e. The second-order valence-corrected chi connectivity index (χ2v) is 5.32. The van der Waals surface area contributed by atoms with Crippen LogP contribution in [0, 0.1) is 0 Å². The molecular weight excluding hydrogens is 286 g/mol. The van der Waals surface area contributed by atoms with E-state index >= 15 is 0 Å². The Morgan fingerprint density at radius 2 is 2.05 bits per heavy atom. The maximum absolute atomic E-state index is 12.4. The molecule has 0 unspecified atom stereocenters. The molecule has 21 heavy (non-hydrogen) atoms. The summed E-state index contributed by atoms with van der Waals surface area (Å²) in [6, 6.07) is 7.25. The van der Waals surface area contributed by atoms with E-state index in [0.717, 1.165) is 11.1 Å². The lowest BCUT2D eigenvalue weighted by molar-refractivity contribution is 0.583. The van der Waals surface area contributed by atoms with Crippen molar-refractivity contribution in [1.29, 1.82) is 0 Å². The van der Waals surface area contributed by atoms with Gasteiger partial charge in [-0.3, -0.25) is 9.78 Å². The lowest BCUT2D eigenvalue weighted by Crippen LogP contribution is -2.08. The van der Waals surface area contributed by atoms with Crippen LogP contribution in [0.2, 0.25) is 0 Å². The van der Waals surface area contributed by atoms with Crippen LogP contribution in [0.1, 0.15) is 0 Å². The number of rotatable bonds is 2. The first-order valence-corrected chi connectivity index (χ1v) is 7.17. The number of furan rings is 1. The van der Waals surface area contributed by atoms with Gasteiger partial charge in [0.25, 0.3) is 5.56 Å². The number of aromatic amines is 1. The zero-order chi connectivity index (χ0) is 14.2. The Hall–Kier alpha value is -2.73. The predicted octanol–water partition coefficient (Wildman–Crippen LogP) is 3.31. The molecule has 0 aliphatic carbocycles. The standard InChI is InChI=1S/C15H9N3O2S/c19-14-12-10(11-2-1-7-20-11)8-21-15(12)18-13(17-14)9-3-5-16-6-4-9/h1-8H,(H,17,18,19). The third-order valence-corrected chi connectivity index (χ3v) is 4.06. The van der Waals surface area contributed by atoms with Gasteiger partial charge in [-0.05, 0) is 24.3 Å². The molecule has 0 atom stereocenters. The van der Waals surface area contributed by atoms with Crippen LogP contribution in [-0.2, 0) is 0 Å². The molecule has 0 bridgehead atoms. The zero-order valence-corrected chi connectivity index (χ0v) is 11.6. The van der Waals surface area contributed by atoms with Crippen molar-refractivity contribution in [2.75, 3.05) is 0 Å². The summed E-state index contributed by atoms with van der Waals surface area (Å²) in [6.07, 6.45) is 4.93. The fraction of sp³-hybridized carbons (Fsp3) is 0. The SMILES string of the molecule is O=c1[nH]c(-c2ccncc2)nc2scc(-c3ccco3)c12. The van der Waals surface area contributed by atoms with Crippen molar-refractivity contribution in [1.82, 2.24) is 15.0 Å². The van der Waals surface area contributed by atoms with E-state index in [9.17, 15) is 4.79 Å². The highest BCUT2D eigenvalue weighted by atomic mass is 32.1. The molecule has 4 aromatic heterocycles. The van der Waals surface area contributed by atoms with Gasteiger partial charge < -0.3 is 9.40 Å². The van der Waals surface area contributed by atoms with Crippen molar-refractivity contribution in [2.45, 2.75) is 0 Å². The molecule has 0 spiro atoms. The van der Waals surface area contributed by atoms with Gasteiger partial charge in [0, 0.05) is 28.9 Å². The average molecular weight is 295 g/mol. The molecule has 5 nitrogen and oxygen atoms in total. The molecule has 0 saturated carbocycles. The number of hydrogen-bond acceptors (Lipinski definition) is 5. The Labute approximate surface area is 122 Å². The summed E-state index contributed by atoms with van der Waals surface area (Å²) in [5.74, 6) is 1.22. The normalized spacial score (nSPS) is 11.0. The van der Waals surface area contributed by atoms with E-state index in [2.05, 4.69) is 15.0 Å². The number of nitrogens with zero attached hydrogens (tertiary/aromatic N) is 2. The van der Waals surface area contributed by atoms with E-state index in [0.29, 0.717) is 21.8 Å². The van der Waals surface area contributed by atoms with Gasteiger partial charge >= 0.3 is 0 Å². The Morgan fingerprint density at radius 3 is 2.81 bits per heavy atom. The Kier molecular flexibility index (Phi) is 2.68. The van der Waals surface area contributed by atoms with Crippen LogP contribution >= 0.6 is 11.3 Å². The summed E-state index contributed by atoms with van der Waals surface area (Å²) < 4.78 is 5.37. The van der Waals surface area contributed by atoms with E-state index in [4.69, 9.17) is 4.42 Å². The molecule has 4 heterocycles. The van der Waals surface area contributed by atoms with Gasteiger partial charge in [-0.25, -0.2) is 4.98 Å². The number of aromatic nitrogens is 3. The quantitative estimate of drug-likeness (QED) is 0.616. The molecule has 4 aromatic rings. The zero-order valence-electron chi connectivity index (χ0n) is 10.7. The van der Waals surface area contributed by atoms with E-state index in [1.54, 1.807) is 24.7 Å². The molecule has 0 aliphatic rings. The minimum absolute atomic E-state index is 0.167. The molecule has 0 saturated heterocycles. The molecule has 0 amide bonds. The van der Waals surface area contributed by atoms with Gasteiger partial charge in [0.2, 0.25) is 0 Å². The van der Waals surface area contributed by atoms with Gasteiger partial charge in [-0.2, -0.15) is 0 Å². The number of fused-ring (bicyclic) bond motifs is 1. The first-order valence-electron chi connectivity index (χ1n) is 6.29. The fourth-order valence-corrected chi connectivity index (χ4v) is 3.14. The predicted molar refractivity (Wildman–Crippen MR) is 81.2 cm³/mol. The van der Waals surface area contributed by atoms with Crippen LogP contribution in [0.4, 0.5) is 0 Å². The second-order valence-electron chi connectivity index (χ2n) is 4.46. The van der Waals surface area contributed by atoms with Crippen molar-refractivity contribution in [2.24, 2.45) is 0 Å². The lowest BCUT2D eigenvalue weighted by Gasteiger charge is -2.00. The van der Waals surface area contributed by atoms with Crippen molar-refractivity contribution in [3.8, 4) is 22.7 Å². The highest BCUT2D eigenvalue weighted by molar-refractivity contribution is 7.17. The van der Waals surface area contributed by atoms with Gasteiger partial charge in [0.1, 0.15) is 16.4 Å². The molecule has 0 fully saturated rings. The number of hydrogen-bond donors (Lipinski definition) is 1. The maximum atomic E-state index is 12.4. The highest BCUT2D eigenvalue weighted by Gasteiger charge is 2.15. The van der Waals surface area contributed by atoms with Gasteiger partial charge in [0.15, 0.2) is 0 Å². The molecule has 1 N–H and O–H groups in total. The van der Waals surface area contributed by atoms with E-state index < -0.39 is 0 Å². The third kappa shape index (κ3) is 1.96. The Bertz CT molecular complexity index is 956. The summed E-state index contributed by atoms with van der Waals surface area (Å²) >= 11 is 1.43.